The maximum Gasteiger partial charge on any atom is 0.251 e. The fraction of sp³-hybridized carbons (Fsp3) is 0.458. The average molecular weight is 523 g/mol. The molecule has 1 N–H and O–H groups in total. The molecular weight excluding hydrogens is 488 g/mol. The highest BCUT2D eigenvalue weighted by Gasteiger charge is 2.27. The Kier molecular flexibility index (Phi) is 8.92. The lowest BCUT2D eigenvalue weighted by Crippen LogP contribution is -2.50. The molecule has 1 saturated heterocycles. The first-order valence-electron chi connectivity index (χ1n) is 11.8. The number of sulfonamides is 2. The lowest BCUT2D eigenvalue weighted by atomic mass is 10.2. The van der Waals surface area contributed by atoms with Gasteiger partial charge in [0.15, 0.2) is 0 Å². The van der Waals surface area contributed by atoms with E-state index in [4.69, 9.17) is 0 Å². The lowest BCUT2D eigenvalue weighted by Gasteiger charge is -2.35. The molecular formula is C24H34N4O5S2. The molecule has 1 aliphatic heterocycles. The fourth-order valence-corrected chi connectivity index (χ4v) is 6.86. The van der Waals surface area contributed by atoms with Gasteiger partial charge in [0.05, 0.1) is 10.6 Å². The number of hydrogen-bond donors (Lipinski definition) is 1. The molecule has 3 rings (SSSR count). The van der Waals surface area contributed by atoms with Gasteiger partial charge in [-0.05, 0) is 48.9 Å². The minimum absolute atomic E-state index is 0.0290. The van der Waals surface area contributed by atoms with E-state index in [0.717, 1.165) is 11.3 Å². The smallest absolute Gasteiger partial charge is 0.251 e. The van der Waals surface area contributed by atoms with E-state index < -0.39 is 26.0 Å². The third-order valence-electron chi connectivity index (χ3n) is 6.10. The summed E-state index contributed by atoms with van der Waals surface area (Å²) in [5, 5.41) is 2.62. The van der Waals surface area contributed by atoms with Gasteiger partial charge in [0, 0.05) is 57.1 Å². The lowest BCUT2D eigenvalue weighted by molar-refractivity contribution is 0.0956. The summed E-state index contributed by atoms with van der Waals surface area (Å²) < 4.78 is 53.5. The third-order valence-corrected chi connectivity index (χ3v) is 10.0. The van der Waals surface area contributed by atoms with E-state index in [9.17, 15) is 21.6 Å². The number of nitrogens with zero attached hydrogens (tertiary/aromatic N) is 3. The molecule has 2 aromatic rings. The van der Waals surface area contributed by atoms with E-state index >= 15 is 0 Å². The molecule has 0 aliphatic carbocycles. The summed E-state index contributed by atoms with van der Waals surface area (Å²) in [7, 11) is -7.11. The van der Waals surface area contributed by atoms with Crippen LogP contribution in [0.1, 0.15) is 29.8 Å². The largest absolute Gasteiger partial charge is 0.369 e. The normalized spacial score (nSPS) is 15.4. The Hall–Kier alpha value is -2.47. The number of aryl methyl sites for hydroxylation is 1. The summed E-state index contributed by atoms with van der Waals surface area (Å²) in [6.45, 7) is 8.25. The van der Waals surface area contributed by atoms with Gasteiger partial charge in [-0.1, -0.05) is 26.0 Å². The first-order chi connectivity index (χ1) is 16.6. The van der Waals surface area contributed by atoms with Crippen molar-refractivity contribution in [1.82, 2.24) is 13.9 Å². The van der Waals surface area contributed by atoms with Crippen molar-refractivity contribution in [3.05, 3.63) is 59.7 Å². The molecule has 11 heteroatoms. The highest BCUT2D eigenvalue weighted by atomic mass is 32.2. The van der Waals surface area contributed by atoms with E-state index in [1.807, 2.05) is 25.1 Å². The highest BCUT2D eigenvalue weighted by Crippen LogP contribution is 2.19. The molecule has 1 aliphatic rings. The number of benzene rings is 2. The van der Waals surface area contributed by atoms with Crippen LogP contribution in [-0.4, -0.2) is 82.9 Å². The summed E-state index contributed by atoms with van der Waals surface area (Å²) >= 11 is 0. The van der Waals surface area contributed by atoms with Crippen LogP contribution in [0.25, 0.3) is 0 Å². The number of amides is 1. The summed E-state index contributed by atoms with van der Waals surface area (Å²) in [5.74, 6) is -0.645. The Bertz CT molecular complexity index is 1220. The van der Waals surface area contributed by atoms with Crippen LogP contribution in [0.4, 0.5) is 5.69 Å². The average Bonchev–Trinajstić information content (AvgIpc) is 2.84. The van der Waals surface area contributed by atoms with E-state index in [2.05, 4.69) is 16.3 Å². The van der Waals surface area contributed by atoms with Gasteiger partial charge in [-0.15, -0.1) is 0 Å². The first kappa shape index (κ1) is 27.1. The number of carbonyl (C=O) groups excluding carboxylic acids is 1. The second-order valence-corrected chi connectivity index (χ2v) is 12.4. The Labute approximate surface area is 208 Å². The van der Waals surface area contributed by atoms with Crippen LogP contribution in [0.15, 0.2) is 53.4 Å². The van der Waals surface area contributed by atoms with Gasteiger partial charge in [0.2, 0.25) is 20.0 Å². The molecule has 0 bridgehead atoms. The summed E-state index contributed by atoms with van der Waals surface area (Å²) in [5.41, 5.74) is 2.52. The van der Waals surface area contributed by atoms with Gasteiger partial charge in [0.1, 0.15) is 0 Å². The van der Waals surface area contributed by atoms with Gasteiger partial charge in [-0.25, -0.2) is 16.8 Å². The minimum Gasteiger partial charge on any atom is -0.369 e. The molecule has 1 fully saturated rings. The standard InChI is InChI=1S/C24H34N4O5S2/c1-4-27(5-2)35(32,33)23-11-9-21(10-12-23)24(29)25-13-18-34(30,31)28-16-14-26(15-17-28)22-8-6-7-20(3)19-22/h6-12,19H,4-5,13-18H2,1-3H3,(H,25,29). The van der Waals surface area contributed by atoms with Gasteiger partial charge < -0.3 is 10.2 Å². The van der Waals surface area contributed by atoms with Crippen molar-refractivity contribution in [2.24, 2.45) is 0 Å². The van der Waals surface area contributed by atoms with Crippen molar-refractivity contribution in [3.63, 3.8) is 0 Å². The zero-order valence-corrected chi connectivity index (χ0v) is 22.1. The zero-order chi connectivity index (χ0) is 25.6. The van der Waals surface area contributed by atoms with E-state index in [1.165, 1.54) is 32.9 Å². The van der Waals surface area contributed by atoms with Crippen molar-refractivity contribution in [3.8, 4) is 0 Å². The molecule has 2 aromatic carbocycles. The number of nitrogens with one attached hydrogen (secondary N) is 1. The van der Waals surface area contributed by atoms with E-state index in [1.54, 1.807) is 13.8 Å². The molecule has 35 heavy (non-hydrogen) atoms. The van der Waals surface area contributed by atoms with Crippen LogP contribution >= 0.6 is 0 Å². The summed E-state index contributed by atoms with van der Waals surface area (Å²) in [6.07, 6.45) is 0. The maximum absolute atomic E-state index is 12.8. The predicted molar refractivity (Wildman–Crippen MR) is 138 cm³/mol. The Morgan fingerprint density at radius 3 is 2.14 bits per heavy atom. The van der Waals surface area contributed by atoms with Crippen LogP contribution in [0, 0.1) is 6.92 Å². The SMILES string of the molecule is CCN(CC)S(=O)(=O)c1ccc(C(=O)NCCS(=O)(=O)N2CCN(c3cccc(C)c3)CC2)cc1. The molecule has 0 aromatic heterocycles. The molecule has 0 spiro atoms. The fourth-order valence-electron chi connectivity index (χ4n) is 4.06. The van der Waals surface area contributed by atoms with Crippen molar-refractivity contribution in [2.45, 2.75) is 25.7 Å². The third kappa shape index (κ3) is 6.60. The highest BCUT2D eigenvalue weighted by molar-refractivity contribution is 7.89. The minimum atomic E-state index is -3.60. The van der Waals surface area contributed by atoms with Crippen LogP contribution in [0.5, 0.6) is 0 Å². The molecule has 192 valence electrons. The quantitative estimate of drug-likeness (QED) is 0.511. The predicted octanol–water partition coefficient (Wildman–Crippen LogP) is 1.91. The Morgan fingerprint density at radius 2 is 1.57 bits per heavy atom. The summed E-state index contributed by atoms with van der Waals surface area (Å²) in [4.78, 5) is 14.7. The molecule has 0 atom stereocenters. The van der Waals surface area contributed by atoms with Crippen LogP contribution in [0.2, 0.25) is 0 Å². The van der Waals surface area contributed by atoms with Crippen LogP contribution in [0.3, 0.4) is 0 Å². The number of piperazine rings is 1. The van der Waals surface area contributed by atoms with Crippen molar-refractivity contribution in [2.75, 3.05) is 56.5 Å². The molecule has 1 amide bonds. The van der Waals surface area contributed by atoms with E-state index in [0.29, 0.717) is 39.3 Å². The van der Waals surface area contributed by atoms with Gasteiger partial charge in [-0.3, -0.25) is 4.79 Å². The van der Waals surface area contributed by atoms with Crippen LogP contribution < -0.4 is 10.2 Å². The van der Waals surface area contributed by atoms with Crippen molar-refractivity contribution >= 4 is 31.6 Å². The monoisotopic (exact) mass is 522 g/mol. The van der Waals surface area contributed by atoms with E-state index in [-0.39, 0.29) is 22.8 Å². The number of hydrogen-bond acceptors (Lipinski definition) is 6. The summed E-state index contributed by atoms with van der Waals surface area (Å²) in [6, 6.07) is 13.8. The topological polar surface area (TPSA) is 107 Å². The molecule has 9 nitrogen and oxygen atoms in total. The molecule has 0 unspecified atom stereocenters. The second kappa shape index (κ2) is 11.5. The van der Waals surface area contributed by atoms with Gasteiger partial charge in [0.25, 0.3) is 5.91 Å². The second-order valence-electron chi connectivity index (χ2n) is 8.41. The van der Waals surface area contributed by atoms with Crippen LogP contribution in [-0.2, 0) is 20.0 Å². The number of rotatable bonds is 10. The molecule has 0 radical (unpaired) electrons. The van der Waals surface area contributed by atoms with Gasteiger partial charge in [-0.2, -0.15) is 8.61 Å². The van der Waals surface area contributed by atoms with Crippen molar-refractivity contribution in [1.29, 1.82) is 0 Å². The molecule has 1 heterocycles. The zero-order valence-electron chi connectivity index (χ0n) is 20.5. The van der Waals surface area contributed by atoms with Gasteiger partial charge >= 0.3 is 0 Å². The molecule has 0 saturated carbocycles. The Balaban J connectivity index is 1.51. The van der Waals surface area contributed by atoms with Crippen molar-refractivity contribution < 1.29 is 21.6 Å². The first-order valence-corrected chi connectivity index (χ1v) is 14.8. The Morgan fingerprint density at radius 1 is 0.943 bits per heavy atom. The number of carbonyl (C=O) groups is 1. The maximum atomic E-state index is 12.8. The number of anilines is 1.